The number of nitrogens with zero attached hydrogens (tertiary/aromatic N) is 2. The molecule has 164 valence electrons. The van der Waals surface area contributed by atoms with E-state index in [-0.39, 0.29) is 12.0 Å². The summed E-state index contributed by atoms with van der Waals surface area (Å²) in [6.45, 7) is 1.98. The van der Waals surface area contributed by atoms with Crippen LogP contribution in [0.1, 0.15) is 32.6 Å². The van der Waals surface area contributed by atoms with E-state index in [1.807, 2.05) is 0 Å². The maximum absolute atomic E-state index is 13.0. The number of carbonyl (C=O) groups is 3. The highest BCUT2D eigenvalue weighted by Crippen LogP contribution is 2.35. The Bertz CT molecular complexity index is 1260. The smallest absolute Gasteiger partial charge is 0.331 e. The standard InChI is InChI=1S/C24H24N4O4/c1-15-10-12-24(13-11-15)22(31)28(23(32)25-24)26-20(29)14-27-18-8-4-2-6-16(18)21(30)17-7-3-5-9-19(17)27/h2-9,15H,10-14H2,1H3,(H,25,32)(H,26,29). The second-order valence-corrected chi connectivity index (χ2v) is 8.82. The van der Waals surface area contributed by atoms with Gasteiger partial charge in [-0.05, 0) is 55.9 Å². The highest BCUT2D eigenvalue weighted by molar-refractivity contribution is 6.08. The van der Waals surface area contributed by atoms with Crippen molar-refractivity contribution in [3.8, 4) is 0 Å². The summed E-state index contributed by atoms with van der Waals surface area (Å²) in [5.74, 6) is -0.415. The molecule has 1 saturated carbocycles. The highest BCUT2D eigenvalue weighted by Gasteiger charge is 2.52. The van der Waals surface area contributed by atoms with Gasteiger partial charge in [0.2, 0.25) is 0 Å². The van der Waals surface area contributed by atoms with Gasteiger partial charge < -0.3 is 9.88 Å². The van der Waals surface area contributed by atoms with Crippen LogP contribution in [-0.2, 0) is 16.1 Å². The number of aromatic nitrogens is 1. The van der Waals surface area contributed by atoms with Gasteiger partial charge >= 0.3 is 6.03 Å². The van der Waals surface area contributed by atoms with Crippen molar-refractivity contribution in [2.75, 3.05) is 0 Å². The fourth-order valence-electron chi connectivity index (χ4n) is 4.87. The van der Waals surface area contributed by atoms with Gasteiger partial charge in [0.1, 0.15) is 12.1 Å². The second-order valence-electron chi connectivity index (χ2n) is 8.82. The Morgan fingerprint density at radius 1 is 1.00 bits per heavy atom. The zero-order valence-electron chi connectivity index (χ0n) is 17.8. The van der Waals surface area contributed by atoms with E-state index in [9.17, 15) is 19.2 Å². The molecule has 5 rings (SSSR count). The molecular formula is C24H24N4O4. The Morgan fingerprint density at radius 3 is 2.16 bits per heavy atom. The van der Waals surface area contributed by atoms with E-state index in [2.05, 4.69) is 17.7 Å². The van der Waals surface area contributed by atoms with Crippen LogP contribution in [0.5, 0.6) is 0 Å². The zero-order chi connectivity index (χ0) is 22.5. The van der Waals surface area contributed by atoms with Gasteiger partial charge in [-0.1, -0.05) is 31.2 Å². The van der Waals surface area contributed by atoms with Gasteiger partial charge in [-0.2, -0.15) is 5.01 Å². The summed E-state index contributed by atoms with van der Waals surface area (Å²) in [7, 11) is 0. The molecule has 1 spiro atoms. The summed E-state index contributed by atoms with van der Waals surface area (Å²) in [5.41, 5.74) is 2.69. The molecule has 1 aliphatic carbocycles. The summed E-state index contributed by atoms with van der Waals surface area (Å²) in [5, 5.41) is 4.62. The molecule has 8 heteroatoms. The van der Waals surface area contributed by atoms with Gasteiger partial charge in [-0.15, -0.1) is 0 Å². The molecule has 0 radical (unpaired) electrons. The molecule has 2 N–H and O–H groups in total. The molecule has 8 nitrogen and oxygen atoms in total. The van der Waals surface area contributed by atoms with Crippen LogP contribution >= 0.6 is 0 Å². The number of imide groups is 1. The predicted octanol–water partition coefficient (Wildman–Crippen LogP) is 2.69. The van der Waals surface area contributed by atoms with Crippen molar-refractivity contribution in [2.24, 2.45) is 5.92 Å². The first-order valence-electron chi connectivity index (χ1n) is 10.9. The molecule has 2 aliphatic rings. The van der Waals surface area contributed by atoms with Gasteiger partial charge in [-0.3, -0.25) is 19.8 Å². The number of fused-ring (bicyclic) bond motifs is 2. The van der Waals surface area contributed by atoms with E-state index >= 15 is 0 Å². The quantitative estimate of drug-likeness (QED) is 0.491. The van der Waals surface area contributed by atoms with E-state index in [0.717, 1.165) is 17.9 Å². The molecular weight excluding hydrogens is 408 g/mol. The lowest BCUT2D eigenvalue weighted by Gasteiger charge is -2.33. The number of hydrogen-bond donors (Lipinski definition) is 2. The van der Waals surface area contributed by atoms with Gasteiger partial charge in [0.15, 0.2) is 5.43 Å². The third-order valence-electron chi connectivity index (χ3n) is 6.71. The van der Waals surface area contributed by atoms with Crippen LogP contribution in [0.2, 0.25) is 0 Å². The highest BCUT2D eigenvalue weighted by atomic mass is 16.2. The average Bonchev–Trinajstić information content (AvgIpc) is 3.03. The topological polar surface area (TPSA) is 101 Å². The maximum Gasteiger partial charge on any atom is 0.344 e. The summed E-state index contributed by atoms with van der Waals surface area (Å²) < 4.78 is 1.73. The van der Waals surface area contributed by atoms with Crippen LogP contribution in [0.25, 0.3) is 21.8 Å². The van der Waals surface area contributed by atoms with E-state index in [1.165, 1.54) is 0 Å². The number of pyridine rings is 1. The first-order chi connectivity index (χ1) is 15.4. The molecule has 0 atom stereocenters. The minimum Gasteiger partial charge on any atom is -0.331 e. The molecule has 4 amide bonds. The van der Waals surface area contributed by atoms with Crippen molar-refractivity contribution in [1.29, 1.82) is 0 Å². The molecule has 0 unspecified atom stereocenters. The Morgan fingerprint density at radius 2 is 1.56 bits per heavy atom. The molecule has 2 aromatic carbocycles. The average molecular weight is 432 g/mol. The number of hydrogen-bond acceptors (Lipinski definition) is 4. The molecule has 32 heavy (non-hydrogen) atoms. The third kappa shape index (κ3) is 3.14. The second kappa shape index (κ2) is 7.47. The lowest BCUT2D eigenvalue weighted by Crippen LogP contribution is -2.52. The fourth-order valence-corrected chi connectivity index (χ4v) is 4.87. The normalized spacial score (nSPS) is 23.2. The van der Waals surface area contributed by atoms with Crippen molar-refractivity contribution < 1.29 is 14.4 Å². The number of para-hydroxylation sites is 2. The Balaban J connectivity index is 1.45. The monoisotopic (exact) mass is 432 g/mol. The van der Waals surface area contributed by atoms with Crippen LogP contribution in [-0.4, -0.2) is 33.0 Å². The minimum atomic E-state index is -0.923. The number of nitrogens with one attached hydrogen (secondary N) is 2. The van der Waals surface area contributed by atoms with E-state index in [0.29, 0.717) is 40.6 Å². The Hall–Kier alpha value is -3.68. The summed E-state index contributed by atoms with van der Waals surface area (Å²) >= 11 is 0. The van der Waals surface area contributed by atoms with Crippen molar-refractivity contribution >= 4 is 39.7 Å². The van der Waals surface area contributed by atoms with E-state index < -0.39 is 23.4 Å². The van der Waals surface area contributed by atoms with Crippen molar-refractivity contribution in [3.05, 3.63) is 58.8 Å². The molecule has 1 saturated heterocycles. The number of benzene rings is 2. The number of amides is 4. The molecule has 2 fully saturated rings. The first kappa shape index (κ1) is 20.2. The predicted molar refractivity (Wildman–Crippen MR) is 120 cm³/mol. The first-order valence-corrected chi connectivity index (χ1v) is 10.9. The van der Waals surface area contributed by atoms with Crippen LogP contribution in [0.4, 0.5) is 4.79 Å². The minimum absolute atomic E-state index is 0.101. The van der Waals surface area contributed by atoms with E-state index in [1.54, 1.807) is 53.1 Å². The lowest BCUT2D eigenvalue weighted by atomic mass is 9.77. The zero-order valence-corrected chi connectivity index (χ0v) is 17.8. The van der Waals surface area contributed by atoms with Gasteiger partial charge in [0.05, 0.1) is 11.0 Å². The number of hydrazine groups is 1. The SMILES string of the molecule is CC1CCC2(CC1)NC(=O)N(NC(=O)Cn1c3ccccc3c(=O)c3ccccc31)C2=O. The van der Waals surface area contributed by atoms with Crippen LogP contribution in [0, 0.1) is 5.92 Å². The number of urea groups is 1. The van der Waals surface area contributed by atoms with Crippen molar-refractivity contribution in [3.63, 3.8) is 0 Å². The van der Waals surface area contributed by atoms with Gasteiger partial charge in [0.25, 0.3) is 11.8 Å². The van der Waals surface area contributed by atoms with Crippen LogP contribution in [0.15, 0.2) is 53.3 Å². The summed E-state index contributed by atoms with van der Waals surface area (Å²) in [6.07, 6.45) is 2.84. The molecule has 0 bridgehead atoms. The summed E-state index contributed by atoms with van der Waals surface area (Å²) in [6, 6.07) is 13.6. The lowest BCUT2D eigenvalue weighted by molar-refractivity contribution is -0.140. The maximum atomic E-state index is 13.0. The van der Waals surface area contributed by atoms with Crippen molar-refractivity contribution in [1.82, 2.24) is 20.3 Å². The van der Waals surface area contributed by atoms with Crippen molar-refractivity contribution in [2.45, 2.75) is 44.7 Å². The summed E-state index contributed by atoms with van der Waals surface area (Å²) in [4.78, 5) is 51.4. The van der Waals surface area contributed by atoms with Gasteiger partial charge in [-0.25, -0.2) is 4.79 Å². The Kier molecular flexibility index (Phi) is 4.73. The van der Waals surface area contributed by atoms with E-state index in [4.69, 9.17) is 0 Å². The molecule has 2 heterocycles. The molecule has 1 aliphatic heterocycles. The van der Waals surface area contributed by atoms with Crippen LogP contribution < -0.4 is 16.2 Å². The largest absolute Gasteiger partial charge is 0.344 e. The molecule has 3 aromatic rings. The Labute approximate surface area is 184 Å². The molecule has 1 aromatic heterocycles. The number of rotatable bonds is 3. The number of carbonyl (C=O) groups excluding carboxylic acids is 3. The van der Waals surface area contributed by atoms with Crippen LogP contribution in [0.3, 0.4) is 0 Å². The fraction of sp³-hybridized carbons (Fsp3) is 0.333. The third-order valence-corrected chi connectivity index (χ3v) is 6.71. The van der Waals surface area contributed by atoms with Gasteiger partial charge in [0, 0.05) is 10.8 Å².